The second-order valence-electron chi connectivity index (χ2n) is 5.68. The standard InChI is InChI=1S/C18H21N3O6S/c1-4-20(5-2)28(25,26)15-7-9-18(27-3)16(11-15)19-12-13-10-14(21(23)24)6-8-17(13)22/h6-12,22H,4-5H2,1-3H3. The highest BCUT2D eigenvalue weighted by Gasteiger charge is 2.22. The van der Waals surface area contributed by atoms with E-state index in [0.29, 0.717) is 18.8 Å². The molecule has 0 radical (unpaired) electrons. The summed E-state index contributed by atoms with van der Waals surface area (Å²) in [5, 5.41) is 20.8. The molecule has 2 aromatic carbocycles. The van der Waals surface area contributed by atoms with Gasteiger partial charge in [0.2, 0.25) is 10.0 Å². The maximum Gasteiger partial charge on any atom is 0.270 e. The third-order valence-electron chi connectivity index (χ3n) is 4.06. The first-order valence-corrected chi connectivity index (χ1v) is 9.88. The summed E-state index contributed by atoms with van der Waals surface area (Å²) in [5.41, 5.74) is 0.124. The van der Waals surface area contributed by atoms with Crippen molar-refractivity contribution in [3.05, 3.63) is 52.1 Å². The van der Waals surface area contributed by atoms with Crippen LogP contribution in [0.1, 0.15) is 19.4 Å². The second kappa shape index (κ2) is 8.81. The summed E-state index contributed by atoms with van der Waals surface area (Å²) in [6.07, 6.45) is 1.22. The molecule has 0 aromatic heterocycles. The van der Waals surface area contributed by atoms with E-state index in [4.69, 9.17) is 4.74 Å². The van der Waals surface area contributed by atoms with Crippen LogP contribution in [0.2, 0.25) is 0 Å². The lowest BCUT2D eigenvalue weighted by molar-refractivity contribution is -0.384. The summed E-state index contributed by atoms with van der Waals surface area (Å²) < 4.78 is 32.0. The number of aromatic hydroxyl groups is 1. The molecule has 28 heavy (non-hydrogen) atoms. The summed E-state index contributed by atoms with van der Waals surface area (Å²) in [6.45, 7) is 4.14. The molecule has 0 aliphatic heterocycles. The zero-order chi connectivity index (χ0) is 20.9. The summed E-state index contributed by atoms with van der Waals surface area (Å²) >= 11 is 0. The number of benzene rings is 2. The number of phenols is 1. The molecule has 0 aliphatic rings. The van der Waals surface area contributed by atoms with Crippen LogP contribution in [0.5, 0.6) is 11.5 Å². The van der Waals surface area contributed by atoms with E-state index in [1.54, 1.807) is 13.8 Å². The van der Waals surface area contributed by atoms with Gasteiger partial charge < -0.3 is 9.84 Å². The van der Waals surface area contributed by atoms with E-state index in [9.17, 15) is 23.6 Å². The smallest absolute Gasteiger partial charge is 0.270 e. The minimum atomic E-state index is -3.69. The molecular formula is C18H21N3O6S. The summed E-state index contributed by atoms with van der Waals surface area (Å²) in [7, 11) is -2.28. The van der Waals surface area contributed by atoms with Crippen LogP contribution in [0.3, 0.4) is 0 Å². The first-order chi connectivity index (χ1) is 13.2. The number of nitro benzene ring substituents is 1. The number of sulfonamides is 1. The van der Waals surface area contributed by atoms with Crippen molar-refractivity contribution in [1.29, 1.82) is 0 Å². The Morgan fingerprint density at radius 3 is 2.46 bits per heavy atom. The molecule has 0 unspecified atom stereocenters. The fraction of sp³-hybridized carbons (Fsp3) is 0.278. The van der Waals surface area contributed by atoms with Crippen LogP contribution in [0.25, 0.3) is 0 Å². The van der Waals surface area contributed by atoms with Gasteiger partial charge in [0.15, 0.2) is 0 Å². The topological polar surface area (TPSA) is 122 Å². The van der Waals surface area contributed by atoms with Crippen LogP contribution in [0.15, 0.2) is 46.3 Å². The van der Waals surface area contributed by atoms with E-state index in [2.05, 4.69) is 4.99 Å². The lowest BCUT2D eigenvalue weighted by atomic mass is 10.2. The fourth-order valence-electron chi connectivity index (χ4n) is 2.54. The van der Waals surface area contributed by atoms with Crippen molar-refractivity contribution in [3.63, 3.8) is 0 Å². The van der Waals surface area contributed by atoms with Gasteiger partial charge in [-0.3, -0.25) is 15.1 Å². The Morgan fingerprint density at radius 1 is 1.21 bits per heavy atom. The van der Waals surface area contributed by atoms with Crippen LogP contribution in [-0.2, 0) is 10.0 Å². The fourth-order valence-corrected chi connectivity index (χ4v) is 4.02. The molecule has 2 aromatic rings. The van der Waals surface area contributed by atoms with Gasteiger partial charge in [0, 0.05) is 37.0 Å². The van der Waals surface area contributed by atoms with E-state index in [0.717, 1.165) is 0 Å². The number of hydrogen-bond acceptors (Lipinski definition) is 7. The van der Waals surface area contributed by atoms with Gasteiger partial charge in [-0.2, -0.15) is 4.31 Å². The van der Waals surface area contributed by atoms with Crippen molar-refractivity contribution in [2.24, 2.45) is 4.99 Å². The number of methoxy groups -OCH3 is 1. The number of nitrogens with zero attached hydrogens (tertiary/aromatic N) is 3. The monoisotopic (exact) mass is 407 g/mol. The van der Waals surface area contributed by atoms with Crippen molar-refractivity contribution >= 4 is 27.6 Å². The van der Waals surface area contributed by atoms with Gasteiger partial charge >= 0.3 is 0 Å². The summed E-state index contributed by atoms with van der Waals surface area (Å²) in [4.78, 5) is 14.5. The molecule has 10 heteroatoms. The Balaban J connectivity index is 2.50. The molecule has 2 rings (SSSR count). The normalized spacial score (nSPS) is 11.9. The van der Waals surface area contributed by atoms with Crippen molar-refractivity contribution in [2.75, 3.05) is 20.2 Å². The van der Waals surface area contributed by atoms with E-state index >= 15 is 0 Å². The molecule has 0 spiro atoms. The number of phenolic OH excluding ortho intramolecular Hbond substituents is 1. The zero-order valence-electron chi connectivity index (χ0n) is 15.7. The Kier molecular flexibility index (Phi) is 6.71. The zero-order valence-corrected chi connectivity index (χ0v) is 16.5. The first kappa shape index (κ1) is 21.3. The second-order valence-corrected chi connectivity index (χ2v) is 7.62. The van der Waals surface area contributed by atoms with Gasteiger partial charge in [-0.1, -0.05) is 13.8 Å². The highest BCUT2D eigenvalue weighted by molar-refractivity contribution is 7.89. The summed E-state index contributed by atoms with van der Waals surface area (Å²) in [5.74, 6) is 0.125. The molecule has 0 saturated heterocycles. The van der Waals surface area contributed by atoms with Gasteiger partial charge in [0.1, 0.15) is 17.2 Å². The highest BCUT2D eigenvalue weighted by atomic mass is 32.2. The van der Waals surface area contributed by atoms with Gasteiger partial charge in [0.25, 0.3) is 5.69 Å². The van der Waals surface area contributed by atoms with E-state index < -0.39 is 14.9 Å². The van der Waals surface area contributed by atoms with Gasteiger partial charge in [0.05, 0.1) is 16.9 Å². The van der Waals surface area contributed by atoms with Crippen molar-refractivity contribution < 1.29 is 23.2 Å². The van der Waals surface area contributed by atoms with Crippen molar-refractivity contribution in [1.82, 2.24) is 4.31 Å². The maximum atomic E-state index is 12.7. The number of non-ortho nitro benzene ring substituents is 1. The van der Waals surface area contributed by atoms with E-state index in [1.165, 1.54) is 54.0 Å². The Morgan fingerprint density at radius 2 is 1.89 bits per heavy atom. The van der Waals surface area contributed by atoms with E-state index in [-0.39, 0.29) is 27.6 Å². The average molecular weight is 407 g/mol. The summed E-state index contributed by atoms with van der Waals surface area (Å²) in [6, 6.07) is 7.80. The number of nitro groups is 1. The first-order valence-electron chi connectivity index (χ1n) is 8.44. The van der Waals surface area contributed by atoms with Crippen molar-refractivity contribution in [3.8, 4) is 11.5 Å². The third-order valence-corrected chi connectivity index (χ3v) is 6.10. The SMILES string of the molecule is CCN(CC)S(=O)(=O)c1ccc(OC)c(N=Cc2cc([N+](=O)[O-])ccc2O)c1. The quantitative estimate of drug-likeness (QED) is 0.408. The Labute approximate surface area is 163 Å². The molecule has 1 N–H and O–H groups in total. The van der Waals surface area contributed by atoms with Crippen LogP contribution in [0.4, 0.5) is 11.4 Å². The number of aliphatic imine (C=N–C) groups is 1. The van der Waals surface area contributed by atoms with Gasteiger partial charge in [-0.15, -0.1) is 0 Å². The third kappa shape index (κ3) is 4.46. The number of rotatable bonds is 8. The van der Waals surface area contributed by atoms with E-state index in [1.807, 2.05) is 0 Å². The molecule has 9 nitrogen and oxygen atoms in total. The van der Waals surface area contributed by atoms with Gasteiger partial charge in [-0.25, -0.2) is 8.42 Å². The average Bonchev–Trinajstić information content (AvgIpc) is 2.67. The van der Waals surface area contributed by atoms with Crippen LogP contribution >= 0.6 is 0 Å². The predicted octanol–water partition coefficient (Wildman–Crippen LogP) is 3.09. The van der Waals surface area contributed by atoms with Crippen LogP contribution in [-0.4, -0.2) is 49.2 Å². The largest absolute Gasteiger partial charge is 0.507 e. The predicted molar refractivity (Wildman–Crippen MR) is 105 cm³/mol. The Bertz CT molecular complexity index is 1000. The molecule has 0 aliphatic carbocycles. The van der Waals surface area contributed by atoms with Crippen molar-refractivity contribution in [2.45, 2.75) is 18.7 Å². The molecular weight excluding hydrogens is 386 g/mol. The lowest BCUT2D eigenvalue weighted by Crippen LogP contribution is -2.30. The lowest BCUT2D eigenvalue weighted by Gasteiger charge is -2.19. The van der Waals surface area contributed by atoms with Gasteiger partial charge in [-0.05, 0) is 24.3 Å². The minimum Gasteiger partial charge on any atom is -0.507 e. The number of ether oxygens (including phenoxy) is 1. The molecule has 0 atom stereocenters. The molecule has 0 bridgehead atoms. The van der Waals surface area contributed by atoms with Crippen LogP contribution < -0.4 is 4.74 Å². The molecule has 0 fully saturated rings. The molecule has 0 heterocycles. The molecule has 0 saturated carbocycles. The Hall–Kier alpha value is -2.98. The number of hydrogen-bond donors (Lipinski definition) is 1. The maximum absolute atomic E-state index is 12.7. The minimum absolute atomic E-state index is 0.0485. The highest BCUT2D eigenvalue weighted by Crippen LogP contribution is 2.32. The van der Waals surface area contributed by atoms with Crippen LogP contribution in [0, 0.1) is 10.1 Å². The molecule has 150 valence electrons. The molecule has 0 amide bonds.